The van der Waals surface area contributed by atoms with Crippen molar-refractivity contribution in [3.8, 4) is 0 Å². The summed E-state index contributed by atoms with van der Waals surface area (Å²) in [6.45, 7) is 4.51. The zero-order valence-electron chi connectivity index (χ0n) is 16.0. The van der Waals surface area contributed by atoms with Gasteiger partial charge in [0.1, 0.15) is 0 Å². The molecule has 2 aliphatic heterocycles. The number of amides is 1. The smallest absolute Gasteiger partial charge is 0.244 e. The molecule has 2 saturated heterocycles. The second-order valence-corrected chi connectivity index (χ2v) is 10.2. The molecular formula is C18H27N3O5S2. The van der Waals surface area contributed by atoms with Gasteiger partial charge in [-0.2, -0.15) is 4.31 Å². The molecule has 1 aromatic carbocycles. The maximum atomic E-state index is 12.9. The first kappa shape index (κ1) is 21.4. The fourth-order valence-electron chi connectivity index (χ4n) is 3.75. The van der Waals surface area contributed by atoms with E-state index in [0.29, 0.717) is 56.1 Å². The Bertz CT molecular complexity index is 820. The van der Waals surface area contributed by atoms with Crippen LogP contribution in [0.3, 0.4) is 0 Å². The number of sulfonamides is 1. The molecule has 2 heterocycles. The number of hydrogen-bond acceptors (Lipinski definition) is 5. The highest BCUT2D eigenvalue weighted by Gasteiger charge is 2.39. The topological polar surface area (TPSA) is 98.2 Å². The van der Waals surface area contributed by atoms with Crippen molar-refractivity contribution in [3.63, 3.8) is 0 Å². The van der Waals surface area contributed by atoms with Gasteiger partial charge < -0.3 is 9.45 Å². The van der Waals surface area contributed by atoms with Crippen molar-refractivity contribution < 1.29 is 22.0 Å². The van der Waals surface area contributed by atoms with E-state index in [1.807, 2.05) is 6.92 Å². The summed E-state index contributed by atoms with van der Waals surface area (Å²) >= 11 is -2.04. The van der Waals surface area contributed by atoms with Crippen molar-refractivity contribution >= 4 is 32.7 Å². The highest BCUT2D eigenvalue weighted by atomic mass is 32.2. The second kappa shape index (κ2) is 9.00. The fraction of sp³-hybridized carbons (Fsp3) is 0.611. The van der Waals surface area contributed by atoms with Crippen molar-refractivity contribution in [1.29, 1.82) is 0 Å². The van der Waals surface area contributed by atoms with Crippen LogP contribution < -0.4 is 4.90 Å². The molecule has 1 aromatic rings. The lowest BCUT2D eigenvalue weighted by molar-refractivity contribution is -0.122. The van der Waals surface area contributed by atoms with E-state index in [2.05, 4.69) is 4.90 Å². The Morgan fingerprint density at radius 2 is 1.75 bits per heavy atom. The number of rotatable bonds is 7. The van der Waals surface area contributed by atoms with Crippen LogP contribution in [0.15, 0.2) is 29.2 Å². The maximum absolute atomic E-state index is 12.9. The zero-order chi connectivity index (χ0) is 20.3. The molecule has 1 N–H and O–H groups in total. The first-order chi connectivity index (χ1) is 13.3. The van der Waals surface area contributed by atoms with Gasteiger partial charge in [-0.15, -0.1) is 0 Å². The molecule has 2 aliphatic rings. The molecule has 0 radical (unpaired) electrons. The van der Waals surface area contributed by atoms with Gasteiger partial charge in [0.05, 0.1) is 16.7 Å². The number of carbonyl (C=O) groups excluding carboxylic acids is 1. The van der Waals surface area contributed by atoms with E-state index in [1.54, 1.807) is 33.5 Å². The number of anilines is 1. The fourth-order valence-corrected chi connectivity index (χ4v) is 5.75. The van der Waals surface area contributed by atoms with Gasteiger partial charge in [0.2, 0.25) is 15.9 Å². The van der Waals surface area contributed by atoms with Crippen molar-refractivity contribution in [2.24, 2.45) is 0 Å². The van der Waals surface area contributed by atoms with Crippen LogP contribution in [0.2, 0.25) is 0 Å². The Morgan fingerprint density at radius 1 is 1.11 bits per heavy atom. The standard InChI is InChI=1S/C18H27N3O5S2/c1-2-3-14-28(25,26)20-12-10-19(11-13-20)17-8-9-21(18(17)22)15-4-6-16(7-5-15)27(23)24/h4-7,17H,2-3,8-14H2,1H3,(H,23,24)/t17-/m0/s1. The molecular weight excluding hydrogens is 402 g/mol. The Kier molecular flexibility index (Phi) is 6.87. The molecule has 0 aliphatic carbocycles. The summed E-state index contributed by atoms with van der Waals surface area (Å²) in [7, 11) is -3.20. The molecule has 28 heavy (non-hydrogen) atoms. The first-order valence-corrected chi connectivity index (χ1v) is 12.3. The van der Waals surface area contributed by atoms with E-state index < -0.39 is 21.1 Å². The van der Waals surface area contributed by atoms with Gasteiger partial charge in [0.15, 0.2) is 11.1 Å². The Labute approximate surface area is 168 Å². The third-order valence-corrected chi connectivity index (χ3v) is 8.02. The molecule has 0 bridgehead atoms. The lowest BCUT2D eigenvalue weighted by Gasteiger charge is -2.36. The van der Waals surface area contributed by atoms with Crippen LogP contribution in [-0.4, -0.2) is 76.8 Å². The monoisotopic (exact) mass is 429 g/mol. The third-order valence-electron chi connectivity index (χ3n) is 5.39. The van der Waals surface area contributed by atoms with E-state index in [4.69, 9.17) is 4.55 Å². The molecule has 0 spiro atoms. The minimum atomic E-state index is -3.20. The highest BCUT2D eigenvalue weighted by molar-refractivity contribution is 7.89. The van der Waals surface area contributed by atoms with Crippen LogP contribution in [-0.2, 0) is 25.9 Å². The van der Waals surface area contributed by atoms with Crippen molar-refractivity contribution in [2.75, 3.05) is 43.4 Å². The van der Waals surface area contributed by atoms with Gasteiger partial charge in [-0.05, 0) is 37.1 Å². The van der Waals surface area contributed by atoms with Crippen LogP contribution in [0.5, 0.6) is 0 Å². The molecule has 0 saturated carbocycles. The molecule has 10 heteroatoms. The second-order valence-electron chi connectivity index (χ2n) is 7.14. The Hall–Kier alpha value is -1.33. The van der Waals surface area contributed by atoms with E-state index in [1.165, 1.54) is 0 Å². The average molecular weight is 430 g/mol. The Morgan fingerprint density at radius 3 is 2.32 bits per heavy atom. The van der Waals surface area contributed by atoms with E-state index in [9.17, 15) is 17.4 Å². The maximum Gasteiger partial charge on any atom is 0.244 e. The zero-order valence-corrected chi connectivity index (χ0v) is 17.6. The summed E-state index contributed by atoms with van der Waals surface area (Å²) in [5.74, 6) is 0.189. The summed E-state index contributed by atoms with van der Waals surface area (Å²) < 4.78 is 46.4. The molecule has 0 aromatic heterocycles. The molecule has 3 rings (SSSR count). The largest absolute Gasteiger partial charge is 0.311 e. The minimum absolute atomic E-state index is 0.000149. The summed E-state index contributed by atoms with van der Waals surface area (Å²) in [6.07, 6.45) is 2.21. The third kappa shape index (κ3) is 4.62. The first-order valence-electron chi connectivity index (χ1n) is 9.57. The lowest BCUT2D eigenvalue weighted by Crippen LogP contribution is -2.54. The van der Waals surface area contributed by atoms with Crippen LogP contribution in [0.1, 0.15) is 26.2 Å². The highest BCUT2D eigenvalue weighted by Crippen LogP contribution is 2.26. The van der Waals surface area contributed by atoms with Crippen LogP contribution >= 0.6 is 0 Å². The number of hydrogen-bond donors (Lipinski definition) is 1. The Balaban J connectivity index is 1.59. The normalized spacial score (nSPS) is 23.3. The quantitative estimate of drug-likeness (QED) is 0.653. The van der Waals surface area contributed by atoms with E-state index >= 15 is 0 Å². The molecule has 2 atom stereocenters. The number of unbranched alkanes of at least 4 members (excludes halogenated alkanes) is 1. The van der Waals surface area contributed by atoms with Crippen molar-refractivity contribution in [1.82, 2.24) is 9.21 Å². The number of carbonyl (C=O) groups is 1. The summed E-state index contributed by atoms with van der Waals surface area (Å²) in [5.41, 5.74) is 0.711. The molecule has 8 nitrogen and oxygen atoms in total. The predicted molar refractivity (Wildman–Crippen MR) is 108 cm³/mol. The van der Waals surface area contributed by atoms with Gasteiger partial charge in [-0.1, -0.05) is 13.3 Å². The van der Waals surface area contributed by atoms with Crippen LogP contribution in [0, 0.1) is 0 Å². The lowest BCUT2D eigenvalue weighted by atomic mass is 10.2. The van der Waals surface area contributed by atoms with E-state index in [0.717, 1.165) is 6.42 Å². The summed E-state index contributed by atoms with van der Waals surface area (Å²) in [5, 5.41) is 0. The van der Waals surface area contributed by atoms with Gasteiger partial charge in [0.25, 0.3) is 0 Å². The van der Waals surface area contributed by atoms with Gasteiger partial charge in [0, 0.05) is 38.4 Å². The van der Waals surface area contributed by atoms with Crippen molar-refractivity contribution in [3.05, 3.63) is 24.3 Å². The van der Waals surface area contributed by atoms with Gasteiger partial charge >= 0.3 is 0 Å². The predicted octanol–water partition coefficient (Wildman–Crippen LogP) is 1.12. The number of nitrogens with zero attached hydrogens (tertiary/aromatic N) is 3. The van der Waals surface area contributed by atoms with Crippen LogP contribution in [0.25, 0.3) is 0 Å². The summed E-state index contributed by atoms with van der Waals surface area (Å²) in [4.78, 5) is 17.0. The van der Waals surface area contributed by atoms with Gasteiger partial charge in [-0.25, -0.2) is 12.6 Å². The van der Waals surface area contributed by atoms with Crippen LogP contribution in [0.4, 0.5) is 5.69 Å². The molecule has 1 amide bonds. The summed E-state index contributed by atoms with van der Waals surface area (Å²) in [6, 6.07) is 6.22. The van der Waals surface area contributed by atoms with Crippen molar-refractivity contribution in [2.45, 2.75) is 37.1 Å². The number of benzene rings is 1. The average Bonchev–Trinajstić information content (AvgIpc) is 3.08. The van der Waals surface area contributed by atoms with E-state index in [-0.39, 0.29) is 17.7 Å². The molecule has 156 valence electrons. The molecule has 1 unspecified atom stereocenters. The minimum Gasteiger partial charge on any atom is -0.311 e. The van der Waals surface area contributed by atoms with Gasteiger partial charge in [-0.3, -0.25) is 9.69 Å². The molecule has 2 fully saturated rings. The number of piperazine rings is 1. The SMILES string of the molecule is CCCCS(=O)(=O)N1CCN([C@H]2CCN(c3ccc(S(=O)O)cc3)C2=O)CC1.